The van der Waals surface area contributed by atoms with Crippen LogP contribution in [0.2, 0.25) is 0 Å². The predicted molar refractivity (Wildman–Crippen MR) is 103 cm³/mol. The van der Waals surface area contributed by atoms with E-state index < -0.39 is 0 Å². The third kappa shape index (κ3) is 2.77. The fourth-order valence-electron chi connectivity index (χ4n) is 3.28. The summed E-state index contributed by atoms with van der Waals surface area (Å²) in [6.45, 7) is 0.698. The number of hydrogen-bond donors (Lipinski definition) is 0. The van der Waals surface area contributed by atoms with Crippen molar-refractivity contribution in [1.29, 1.82) is 0 Å². The van der Waals surface area contributed by atoms with Crippen LogP contribution in [0.1, 0.15) is 5.56 Å². The Morgan fingerprint density at radius 3 is 2.68 bits per heavy atom. The molecule has 7 nitrogen and oxygen atoms in total. The highest BCUT2D eigenvalue weighted by atomic mass is 16.7. The Hall–Kier alpha value is -3.74. The van der Waals surface area contributed by atoms with Crippen molar-refractivity contribution in [3.05, 3.63) is 76.8 Å². The van der Waals surface area contributed by atoms with Gasteiger partial charge in [-0.25, -0.2) is 4.52 Å². The maximum atomic E-state index is 12.9. The van der Waals surface area contributed by atoms with Crippen LogP contribution in [-0.2, 0) is 6.54 Å². The highest BCUT2D eigenvalue weighted by Crippen LogP contribution is 2.35. The van der Waals surface area contributed by atoms with Gasteiger partial charge in [-0.15, -0.1) is 0 Å². The molecule has 0 fully saturated rings. The number of rotatable bonds is 4. The summed E-state index contributed by atoms with van der Waals surface area (Å²) in [5.41, 5.74) is 3.01. The van der Waals surface area contributed by atoms with Gasteiger partial charge >= 0.3 is 0 Å². The number of nitrogens with zero attached hydrogens (tertiary/aromatic N) is 3. The molecule has 0 spiro atoms. The van der Waals surface area contributed by atoms with Gasteiger partial charge in [-0.1, -0.05) is 12.1 Å². The Bertz CT molecular complexity index is 1220. The Labute approximate surface area is 160 Å². The SMILES string of the molecule is COc1ccc(Cn2ccn3nc(-c4ccc5c(c4)OCO5)cc3c2=O)cc1. The van der Waals surface area contributed by atoms with Gasteiger partial charge in [0.05, 0.1) is 19.3 Å². The fraction of sp³-hybridized carbons (Fsp3) is 0.143. The van der Waals surface area contributed by atoms with E-state index in [2.05, 4.69) is 5.10 Å². The van der Waals surface area contributed by atoms with Crippen LogP contribution in [-0.4, -0.2) is 28.1 Å². The molecule has 0 saturated carbocycles. The second-order valence-electron chi connectivity index (χ2n) is 6.51. The zero-order valence-electron chi connectivity index (χ0n) is 15.2. The first kappa shape index (κ1) is 16.4. The molecule has 0 saturated heterocycles. The molecule has 0 bridgehead atoms. The lowest BCUT2D eigenvalue weighted by atomic mass is 10.1. The van der Waals surface area contributed by atoms with E-state index in [0.717, 1.165) is 22.6 Å². The number of fused-ring (bicyclic) bond motifs is 2. The van der Waals surface area contributed by atoms with Crippen LogP contribution in [0, 0.1) is 0 Å². The molecule has 0 N–H and O–H groups in total. The Morgan fingerprint density at radius 1 is 1.04 bits per heavy atom. The summed E-state index contributed by atoms with van der Waals surface area (Å²) in [5, 5.41) is 4.53. The van der Waals surface area contributed by atoms with E-state index in [1.807, 2.05) is 42.5 Å². The summed E-state index contributed by atoms with van der Waals surface area (Å²) < 4.78 is 19.2. The standard InChI is InChI=1S/C21H17N3O4/c1-26-16-5-2-14(3-6-16)12-23-8-9-24-18(21(23)25)11-17(22-24)15-4-7-19-20(10-15)28-13-27-19/h2-11H,12-13H2,1H3. The number of aromatic nitrogens is 3. The first-order valence-electron chi connectivity index (χ1n) is 8.83. The largest absolute Gasteiger partial charge is 0.497 e. The third-order valence-electron chi connectivity index (χ3n) is 4.78. The highest BCUT2D eigenvalue weighted by Gasteiger charge is 2.16. The molecule has 1 aliphatic rings. The second kappa shape index (κ2) is 6.45. The summed E-state index contributed by atoms with van der Waals surface area (Å²) in [6.07, 6.45) is 3.53. The van der Waals surface area contributed by atoms with E-state index in [1.54, 1.807) is 34.7 Å². The normalized spacial score (nSPS) is 12.5. The molecule has 1 aliphatic heterocycles. The maximum absolute atomic E-state index is 12.9. The average Bonchev–Trinajstić information content (AvgIpc) is 3.37. The Morgan fingerprint density at radius 2 is 1.86 bits per heavy atom. The summed E-state index contributed by atoms with van der Waals surface area (Å²) in [4.78, 5) is 12.9. The van der Waals surface area contributed by atoms with Crippen LogP contribution in [0.25, 0.3) is 16.8 Å². The van der Waals surface area contributed by atoms with E-state index in [1.165, 1.54) is 0 Å². The molecule has 0 atom stereocenters. The summed E-state index contributed by atoms with van der Waals surface area (Å²) in [6, 6.07) is 15.1. The quantitative estimate of drug-likeness (QED) is 0.549. The van der Waals surface area contributed by atoms with E-state index in [9.17, 15) is 4.79 Å². The van der Waals surface area contributed by atoms with E-state index in [-0.39, 0.29) is 12.4 Å². The van der Waals surface area contributed by atoms with Crippen molar-refractivity contribution in [2.75, 3.05) is 13.9 Å². The van der Waals surface area contributed by atoms with Crippen LogP contribution in [0.4, 0.5) is 0 Å². The molecule has 4 aromatic rings. The van der Waals surface area contributed by atoms with Crippen LogP contribution < -0.4 is 19.8 Å². The Kier molecular flexibility index (Phi) is 3.79. The van der Waals surface area contributed by atoms with Crippen LogP contribution >= 0.6 is 0 Å². The van der Waals surface area contributed by atoms with Gasteiger partial charge in [-0.05, 0) is 42.0 Å². The number of benzene rings is 2. The molecule has 5 rings (SSSR count). The smallest absolute Gasteiger partial charge is 0.276 e. The molecule has 3 heterocycles. The fourth-order valence-corrected chi connectivity index (χ4v) is 3.28. The molecule has 0 unspecified atom stereocenters. The van der Waals surface area contributed by atoms with Crippen molar-refractivity contribution in [1.82, 2.24) is 14.2 Å². The molecular formula is C21H17N3O4. The van der Waals surface area contributed by atoms with Crippen LogP contribution in [0.5, 0.6) is 17.2 Å². The van der Waals surface area contributed by atoms with Crippen molar-refractivity contribution in [3.63, 3.8) is 0 Å². The average molecular weight is 375 g/mol. The summed E-state index contributed by atoms with van der Waals surface area (Å²) >= 11 is 0. The van der Waals surface area contributed by atoms with Crippen molar-refractivity contribution in [2.24, 2.45) is 0 Å². The zero-order chi connectivity index (χ0) is 19.1. The molecule has 28 heavy (non-hydrogen) atoms. The minimum absolute atomic E-state index is 0.0992. The molecule has 7 heteroatoms. The lowest BCUT2D eigenvalue weighted by Gasteiger charge is -2.07. The minimum atomic E-state index is -0.0992. The van der Waals surface area contributed by atoms with Gasteiger partial charge in [0.2, 0.25) is 6.79 Å². The van der Waals surface area contributed by atoms with Gasteiger partial charge in [-0.2, -0.15) is 5.10 Å². The number of hydrogen-bond acceptors (Lipinski definition) is 5. The topological polar surface area (TPSA) is 67.0 Å². The first-order chi connectivity index (χ1) is 13.7. The number of ether oxygens (including phenoxy) is 3. The maximum Gasteiger partial charge on any atom is 0.276 e. The van der Waals surface area contributed by atoms with Gasteiger partial charge in [0, 0.05) is 18.0 Å². The van der Waals surface area contributed by atoms with E-state index in [0.29, 0.717) is 23.5 Å². The van der Waals surface area contributed by atoms with E-state index >= 15 is 0 Å². The molecule has 0 radical (unpaired) electrons. The summed E-state index contributed by atoms with van der Waals surface area (Å²) in [5.74, 6) is 2.19. The van der Waals surface area contributed by atoms with Gasteiger partial charge in [0.1, 0.15) is 11.3 Å². The zero-order valence-corrected chi connectivity index (χ0v) is 15.2. The highest BCUT2D eigenvalue weighted by molar-refractivity contribution is 5.68. The Balaban J connectivity index is 1.50. The van der Waals surface area contributed by atoms with Crippen molar-refractivity contribution in [2.45, 2.75) is 6.54 Å². The van der Waals surface area contributed by atoms with Gasteiger partial charge in [0.25, 0.3) is 5.56 Å². The first-order valence-corrected chi connectivity index (χ1v) is 8.83. The van der Waals surface area contributed by atoms with Crippen molar-refractivity contribution >= 4 is 5.52 Å². The molecule has 0 aliphatic carbocycles. The second-order valence-corrected chi connectivity index (χ2v) is 6.51. The molecule has 140 valence electrons. The van der Waals surface area contributed by atoms with Gasteiger partial charge in [-0.3, -0.25) is 4.79 Å². The van der Waals surface area contributed by atoms with Gasteiger partial charge in [0.15, 0.2) is 11.5 Å². The van der Waals surface area contributed by atoms with Crippen LogP contribution in [0.3, 0.4) is 0 Å². The lowest BCUT2D eigenvalue weighted by Crippen LogP contribution is -2.21. The molecule has 2 aromatic carbocycles. The minimum Gasteiger partial charge on any atom is -0.497 e. The third-order valence-corrected chi connectivity index (χ3v) is 4.78. The lowest BCUT2D eigenvalue weighted by molar-refractivity contribution is 0.174. The van der Waals surface area contributed by atoms with Crippen molar-refractivity contribution in [3.8, 4) is 28.5 Å². The number of methoxy groups -OCH3 is 1. The molecule has 0 amide bonds. The van der Waals surface area contributed by atoms with E-state index in [4.69, 9.17) is 14.2 Å². The summed E-state index contributed by atoms with van der Waals surface area (Å²) in [7, 11) is 1.63. The van der Waals surface area contributed by atoms with Gasteiger partial charge < -0.3 is 18.8 Å². The van der Waals surface area contributed by atoms with Crippen molar-refractivity contribution < 1.29 is 14.2 Å². The molecule has 2 aromatic heterocycles. The monoisotopic (exact) mass is 375 g/mol. The molecular weight excluding hydrogens is 358 g/mol. The predicted octanol–water partition coefficient (Wildman–Crippen LogP) is 2.95. The van der Waals surface area contributed by atoms with Crippen LogP contribution in [0.15, 0.2) is 65.7 Å².